The first-order valence-corrected chi connectivity index (χ1v) is 6.36. The van der Waals surface area contributed by atoms with Crippen LogP contribution >= 0.6 is 15.9 Å². The zero-order valence-electron chi connectivity index (χ0n) is 10.4. The molecule has 0 aliphatic rings. The molecule has 0 saturated heterocycles. The van der Waals surface area contributed by atoms with Gasteiger partial charge in [-0.1, -0.05) is 15.9 Å². The number of aliphatic carboxylic acids is 1. The Morgan fingerprint density at radius 3 is 2.58 bits per heavy atom. The third-order valence-electron chi connectivity index (χ3n) is 2.67. The van der Waals surface area contributed by atoms with Gasteiger partial charge < -0.3 is 15.7 Å². The first-order chi connectivity index (χ1) is 8.81. The van der Waals surface area contributed by atoms with Crippen molar-refractivity contribution in [2.24, 2.45) is 5.92 Å². The number of nitrogens with one attached hydrogen (secondary N) is 2. The monoisotopic (exact) mass is 332 g/mol. The fraction of sp³-hybridized carbons (Fsp3) is 0.333. The van der Waals surface area contributed by atoms with Crippen molar-refractivity contribution in [1.29, 1.82) is 0 Å². The summed E-state index contributed by atoms with van der Waals surface area (Å²) in [4.78, 5) is 22.4. The molecule has 104 valence electrons. The molecule has 0 heterocycles. The molecule has 0 fully saturated rings. The van der Waals surface area contributed by atoms with E-state index >= 15 is 0 Å². The number of rotatable bonds is 4. The maximum atomic E-state index is 13.4. The molecule has 2 unspecified atom stereocenters. The second-order valence-electron chi connectivity index (χ2n) is 4.14. The van der Waals surface area contributed by atoms with Crippen LogP contribution in [0.25, 0.3) is 0 Å². The van der Waals surface area contributed by atoms with Gasteiger partial charge in [0, 0.05) is 10.5 Å². The van der Waals surface area contributed by atoms with E-state index in [1.54, 1.807) is 6.92 Å². The second kappa shape index (κ2) is 6.51. The quantitative estimate of drug-likeness (QED) is 0.793. The van der Waals surface area contributed by atoms with E-state index in [4.69, 9.17) is 5.11 Å². The van der Waals surface area contributed by atoms with Crippen LogP contribution in [0.3, 0.4) is 0 Å². The highest BCUT2D eigenvalue weighted by atomic mass is 79.9. The van der Waals surface area contributed by atoms with E-state index in [9.17, 15) is 14.0 Å². The normalized spacial score (nSPS) is 13.5. The minimum absolute atomic E-state index is 0.0158. The number of carbonyl (C=O) groups is 2. The Morgan fingerprint density at radius 2 is 2.00 bits per heavy atom. The fourth-order valence-electron chi connectivity index (χ4n) is 1.30. The summed E-state index contributed by atoms with van der Waals surface area (Å²) >= 11 is 3.16. The summed E-state index contributed by atoms with van der Waals surface area (Å²) in [5.41, 5.74) is 0.0158. The van der Waals surface area contributed by atoms with Gasteiger partial charge >= 0.3 is 12.0 Å². The predicted octanol–water partition coefficient (Wildman–Crippen LogP) is 2.82. The van der Waals surface area contributed by atoms with Crippen LogP contribution in [0.5, 0.6) is 0 Å². The van der Waals surface area contributed by atoms with Crippen LogP contribution in [0.4, 0.5) is 14.9 Å². The van der Waals surface area contributed by atoms with E-state index < -0.39 is 29.8 Å². The topological polar surface area (TPSA) is 78.4 Å². The van der Waals surface area contributed by atoms with Gasteiger partial charge in [-0.3, -0.25) is 4.79 Å². The molecule has 19 heavy (non-hydrogen) atoms. The summed E-state index contributed by atoms with van der Waals surface area (Å²) in [5.74, 6) is -2.32. The average Bonchev–Trinajstić information content (AvgIpc) is 2.32. The molecule has 7 heteroatoms. The highest BCUT2D eigenvalue weighted by Crippen LogP contribution is 2.19. The van der Waals surface area contributed by atoms with Crippen molar-refractivity contribution < 1.29 is 19.1 Å². The van der Waals surface area contributed by atoms with Crippen LogP contribution in [0.2, 0.25) is 0 Å². The summed E-state index contributed by atoms with van der Waals surface area (Å²) in [5, 5.41) is 13.6. The van der Waals surface area contributed by atoms with Gasteiger partial charge in [0.15, 0.2) is 0 Å². The summed E-state index contributed by atoms with van der Waals surface area (Å²) in [6.45, 7) is 3.04. The van der Waals surface area contributed by atoms with Crippen LogP contribution < -0.4 is 10.6 Å². The van der Waals surface area contributed by atoms with E-state index in [1.165, 1.54) is 25.1 Å². The molecule has 0 aliphatic heterocycles. The molecule has 1 rings (SSSR count). The van der Waals surface area contributed by atoms with Crippen molar-refractivity contribution in [3.8, 4) is 0 Å². The Morgan fingerprint density at radius 1 is 1.37 bits per heavy atom. The number of urea groups is 1. The zero-order valence-corrected chi connectivity index (χ0v) is 12.0. The molecule has 5 nitrogen and oxygen atoms in total. The molecule has 2 atom stereocenters. The van der Waals surface area contributed by atoms with Crippen LogP contribution in [0.1, 0.15) is 13.8 Å². The molecular formula is C12H14BrFN2O3. The van der Waals surface area contributed by atoms with Crippen molar-refractivity contribution in [2.75, 3.05) is 5.32 Å². The molecule has 0 radical (unpaired) electrons. The summed E-state index contributed by atoms with van der Waals surface area (Å²) in [6.07, 6.45) is 0. The van der Waals surface area contributed by atoms with Crippen molar-refractivity contribution in [3.05, 3.63) is 28.5 Å². The van der Waals surface area contributed by atoms with E-state index in [1.807, 2.05) is 0 Å². The molecule has 1 aromatic carbocycles. The summed E-state index contributed by atoms with van der Waals surface area (Å²) in [7, 11) is 0. The number of anilines is 1. The Balaban J connectivity index is 2.65. The van der Waals surface area contributed by atoms with Gasteiger partial charge in [0.25, 0.3) is 0 Å². The number of hydrogen-bond acceptors (Lipinski definition) is 2. The average molecular weight is 333 g/mol. The van der Waals surface area contributed by atoms with Crippen molar-refractivity contribution in [1.82, 2.24) is 5.32 Å². The van der Waals surface area contributed by atoms with Gasteiger partial charge in [0.2, 0.25) is 0 Å². The molecule has 0 spiro atoms. The maximum absolute atomic E-state index is 13.4. The number of hydrogen-bond donors (Lipinski definition) is 3. The molecule has 0 aromatic heterocycles. The number of carbonyl (C=O) groups excluding carboxylic acids is 1. The van der Waals surface area contributed by atoms with Gasteiger partial charge in [0.05, 0.1) is 11.6 Å². The molecule has 0 saturated carbocycles. The third kappa shape index (κ3) is 4.51. The smallest absolute Gasteiger partial charge is 0.319 e. The van der Waals surface area contributed by atoms with Gasteiger partial charge in [-0.2, -0.15) is 0 Å². The minimum atomic E-state index is -1.01. The lowest BCUT2D eigenvalue weighted by molar-refractivity contribution is -0.141. The molecule has 0 bridgehead atoms. The predicted molar refractivity (Wildman–Crippen MR) is 72.5 cm³/mol. The number of halogens is 2. The van der Waals surface area contributed by atoms with E-state index in [0.29, 0.717) is 4.47 Å². The first kappa shape index (κ1) is 15.4. The van der Waals surface area contributed by atoms with Gasteiger partial charge in [0.1, 0.15) is 5.82 Å². The van der Waals surface area contributed by atoms with Gasteiger partial charge in [-0.15, -0.1) is 0 Å². The lowest BCUT2D eigenvalue weighted by Gasteiger charge is -2.18. The third-order valence-corrected chi connectivity index (χ3v) is 3.17. The van der Waals surface area contributed by atoms with Crippen LogP contribution in [-0.2, 0) is 4.79 Å². The number of amides is 2. The summed E-state index contributed by atoms with van der Waals surface area (Å²) < 4.78 is 14.0. The lowest BCUT2D eigenvalue weighted by Crippen LogP contribution is -2.42. The summed E-state index contributed by atoms with van der Waals surface area (Å²) in [6, 6.07) is 2.90. The van der Waals surface area contributed by atoms with E-state index in [0.717, 1.165) is 0 Å². The molecule has 0 aliphatic carbocycles. The van der Waals surface area contributed by atoms with E-state index in [-0.39, 0.29) is 5.69 Å². The Bertz CT molecular complexity index is 496. The second-order valence-corrected chi connectivity index (χ2v) is 5.05. The standard InChI is InChI=1S/C12H14BrFN2O3/c1-6(11(17)18)7(2)15-12(19)16-10-5-8(13)3-4-9(10)14/h3-7H,1-2H3,(H,17,18)(H2,15,16,19). The minimum Gasteiger partial charge on any atom is -0.481 e. The lowest BCUT2D eigenvalue weighted by atomic mass is 10.0. The number of carboxylic acid groups (broad SMARTS) is 1. The largest absolute Gasteiger partial charge is 0.481 e. The molecule has 1 aromatic rings. The van der Waals surface area contributed by atoms with Gasteiger partial charge in [-0.25, -0.2) is 9.18 Å². The number of carboxylic acids is 1. The SMILES string of the molecule is CC(NC(=O)Nc1cc(Br)ccc1F)C(C)C(=O)O. The van der Waals surface area contributed by atoms with Crippen molar-refractivity contribution in [3.63, 3.8) is 0 Å². The number of benzene rings is 1. The Kier molecular flexibility index (Phi) is 5.29. The molecule has 3 N–H and O–H groups in total. The molecule has 2 amide bonds. The van der Waals surface area contributed by atoms with Gasteiger partial charge in [-0.05, 0) is 32.0 Å². The van der Waals surface area contributed by atoms with Crippen molar-refractivity contribution >= 4 is 33.6 Å². The Labute approximate surface area is 118 Å². The first-order valence-electron chi connectivity index (χ1n) is 5.56. The fourth-order valence-corrected chi connectivity index (χ4v) is 1.66. The molecular weight excluding hydrogens is 319 g/mol. The van der Waals surface area contributed by atoms with Crippen LogP contribution in [-0.4, -0.2) is 23.1 Å². The zero-order chi connectivity index (χ0) is 14.6. The maximum Gasteiger partial charge on any atom is 0.319 e. The van der Waals surface area contributed by atoms with Crippen LogP contribution in [0.15, 0.2) is 22.7 Å². The van der Waals surface area contributed by atoms with E-state index in [2.05, 4.69) is 26.6 Å². The highest BCUT2D eigenvalue weighted by Gasteiger charge is 2.21. The van der Waals surface area contributed by atoms with Crippen molar-refractivity contribution in [2.45, 2.75) is 19.9 Å². The highest BCUT2D eigenvalue weighted by molar-refractivity contribution is 9.10. The van der Waals surface area contributed by atoms with Crippen LogP contribution in [0, 0.1) is 11.7 Å². The Hall–Kier alpha value is -1.63.